The summed E-state index contributed by atoms with van der Waals surface area (Å²) >= 11 is 0. The van der Waals surface area contributed by atoms with Gasteiger partial charge in [0, 0.05) is 7.11 Å². The average molecular weight is 200 g/mol. The van der Waals surface area contributed by atoms with Crippen molar-refractivity contribution >= 4 is 5.97 Å². The lowest BCUT2D eigenvalue weighted by Crippen LogP contribution is -2.39. The van der Waals surface area contributed by atoms with Gasteiger partial charge in [0.15, 0.2) is 5.60 Å². The van der Waals surface area contributed by atoms with E-state index in [1.807, 2.05) is 0 Å². The second-order valence-electron chi connectivity index (χ2n) is 3.96. The summed E-state index contributed by atoms with van der Waals surface area (Å²) in [5, 5.41) is 0. The van der Waals surface area contributed by atoms with Crippen LogP contribution in [0.4, 0.5) is 0 Å². The molecule has 4 heteroatoms. The maximum Gasteiger partial charge on any atom is 0.338 e. The Kier molecular flexibility index (Phi) is 2.74. The number of rotatable bonds is 4. The monoisotopic (exact) mass is 200 g/mol. The van der Waals surface area contributed by atoms with Crippen LogP contribution < -0.4 is 0 Å². The maximum atomic E-state index is 11.7. The summed E-state index contributed by atoms with van der Waals surface area (Å²) in [6, 6.07) is 0. The Balaban J connectivity index is 1.86. The van der Waals surface area contributed by atoms with Crippen LogP contribution in [0.2, 0.25) is 0 Å². The lowest BCUT2D eigenvalue weighted by atomic mass is 10.0. The minimum atomic E-state index is -0.658. The van der Waals surface area contributed by atoms with Gasteiger partial charge in [-0.05, 0) is 25.7 Å². The van der Waals surface area contributed by atoms with Gasteiger partial charge in [-0.25, -0.2) is 4.79 Å². The summed E-state index contributed by atoms with van der Waals surface area (Å²) in [6.07, 6.45) is 3.79. The summed E-state index contributed by atoms with van der Waals surface area (Å²) < 4.78 is 15.4. The second-order valence-corrected chi connectivity index (χ2v) is 3.96. The number of carbonyl (C=O) groups excluding carboxylic acids is 1. The van der Waals surface area contributed by atoms with Crippen LogP contribution in [0.15, 0.2) is 0 Å². The Morgan fingerprint density at radius 3 is 2.64 bits per heavy atom. The number of esters is 1. The van der Waals surface area contributed by atoms with Gasteiger partial charge in [0.25, 0.3) is 0 Å². The first-order chi connectivity index (χ1) is 6.77. The predicted octanol–water partition coefficient (Wildman–Crippen LogP) is 0.888. The summed E-state index contributed by atoms with van der Waals surface area (Å²) in [4.78, 5) is 11.7. The molecule has 1 unspecified atom stereocenters. The van der Waals surface area contributed by atoms with Crippen molar-refractivity contribution in [1.82, 2.24) is 0 Å². The van der Waals surface area contributed by atoms with Gasteiger partial charge in [-0.3, -0.25) is 0 Å². The van der Waals surface area contributed by atoms with E-state index in [1.54, 1.807) is 7.11 Å². The van der Waals surface area contributed by atoms with Crippen LogP contribution in [0.25, 0.3) is 0 Å². The van der Waals surface area contributed by atoms with E-state index >= 15 is 0 Å². The van der Waals surface area contributed by atoms with Crippen molar-refractivity contribution in [2.75, 3.05) is 20.3 Å². The molecule has 0 amide bonds. The third-order valence-corrected chi connectivity index (χ3v) is 2.98. The van der Waals surface area contributed by atoms with Gasteiger partial charge in [-0.2, -0.15) is 0 Å². The lowest BCUT2D eigenvalue weighted by molar-refractivity contribution is -0.169. The topological polar surface area (TPSA) is 48.1 Å². The normalized spacial score (nSPS) is 28.8. The largest absolute Gasteiger partial charge is 0.461 e. The van der Waals surface area contributed by atoms with Crippen molar-refractivity contribution in [3.8, 4) is 0 Å². The summed E-state index contributed by atoms with van der Waals surface area (Å²) in [6.45, 7) is 1.09. The fraction of sp³-hybridized carbons (Fsp3) is 0.900. The van der Waals surface area contributed by atoms with Crippen molar-refractivity contribution < 1.29 is 19.0 Å². The van der Waals surface area contributed by atoms with Crippen LogP contribution in [0.1, 0.15) is 25.7 Å². The molecular weight excluding hydrogens is 184 g/mol. The minimum Gasteiger partial charge on any atom is -0.461 e. The Labute approximate surface area is 83.5 Å². The molecule has 0 aromatic heterocycles. The fourth-order valence-corrected chi connectivity index (χ4v) is 1.90. The van der Waals surface area contributed by atoms with E-state index in [0.717, 1.165) is 25.7 Å². The zero-order valence-electron chi connectivity index (χ0n) is 8.45. The van der Waals surface area contributed by atoms with E-state index in [0.29, 0.717) is 13.2 Å². The molecule has 2 aliphatic rings. The lowest BCUT2D eigenvalue weighted by Gasteiger charge is -2.24. The van der Waals surface area contributed by atoms with Crippen LogP contribution in [-0.2, 0) is 19.0 Å². The van der Waals surface area contributed by atoms with Gasteiger partial charge in [-0.1, -0.05) is 0 Å². The third-order valence-electron chi connectivity index (χ3n) is 2.98. The van der Waals surface area contributed by atoms with Crippen molar-refractivity contribution in [3.05, 3.63) is 0 Å². The Morgan fingerprint density at radius 2 is 2.14 bits per heavy atom. The van der Waals surface area contributed by atoms with E-state index in [-0.39, 0.29) is 12.1 Å². The van der Waals surface area contributed by atoms with E-state index < -0.39 is 5.60 Å². The number of ether oxygens (including phenoxy) is 3. The second kappa shape index (κ2) is 3.87. The molecule has 14 heavy (non-hydrogen) atoms. The van der Waals surface area contributed by atoms with Crippen molar-refractivity contribution in [2.24, 2.45) is 0 Å². The van der Waals surface area contributed by atoms with E-state index in [1.165, 1.54) is 0 Å². The number of hydrogen-bond acceptors (Lipinski definition) is 4. The van der Waals surface area contributed by atoms with Gasteiger partial charge in [0.05, 0.1) is 6.61 Å². The molecule has 0 aromatic carbocycles. The Hall–Kier alpha value is -0.610. The zero-order valence-corrected chi connectivity index (χ0v) is 8.45. The molecule has 2 rings (SSSR count). The molecule has 0 spiro atoms. The molecule has 1 aliphatic carbocycles. The summed E-state index contributed by atoms with van der Waals surface area (Å²) in [5.41, 5.74) is -0.658. The number of carbonyl (C=O) groups is 1. The standard InChI is InChI=1S/C10H16O4/c1-12-10(4-2-3-5-10)9(11)14-7-8-6-13-8/h8H,2-7H2,1H3. The highest BCUT2D eigenvalue weighted by Crippen LogP contribution is 2.33. The SMILES string of the molecule is COC1(C(=O)OCC2CO2)CCCC1. The zero-order chi connectivity index (χ0) is 10.0. The van der Waals surface area contributed by atoms with E-state index in [2.05, 4.69) is 0 Å². The molecule has 2 fully saturated rings. The van der Waals surface area contributed by atoms with Gasteiger partial charge >= 0.3 is 5.97 Å². The van der Waals surface area contributed by atoms with Gasteiger partial charge in [0.1, 0.15) is 12.7 Å². The summed E-state index contributed by atoms with van der Waals surface area (Å²) in [5.74, 6) is -0.215. The van der Waals surface area contributed by atoms with Crippen molar-refractivity contribution in [2.45, 2.75) is 37.4 Å². The van der Waals surface area contributed by atoms with Crippen molar-refractivity contribution in [3.63, 3.8) is 0 Å². The van der Waals surface area contributed by atoms with E-state index in [4.69, 9.17) is 14.2 Å². The van der Waals surface area contributed by atoms with Crippen molar-refractivity contribution in [1.29, 1.82) is 0 Å². The van der Waals surface area contributed by atoms with Crippen LogP contribution in [0, 0.1) is 0 Å². The quantitative estimate of drug-likeness (QED) is 0.499. The average Bonchev–Trinajstić information content (AvgIpc) is 2.90. The van der Waals surface area contributed by atoms with Gasteiger partial charge < -0.3 is 14.2 Å². The number of methoxy groups -OCH3 is 1. The molecule has 0 N–H and O–H groups in total. The molecule has 0 bridgehead atoms. The maximum absolute atomic E-state index is 11.7. The molecule has 0 radical (unpaired) electrons. The molecule has 0 aromatic rings. The highest BCUT2D eigenvalue weighted by molar-refractivity contribution is 5.80. The van der Waals surface area contributed by atoms with Crippen LogP contribution in [-0.4, -0.2) is 38.0 Å². The van der Waals surface area contributed by atoms with Gasteiger partial charge in [0.2, 0.25) is 0 Å². The third kappa shape index (κ3) is 1.91. The number of epoxide rings is 1. The molecule has 1 heterocycles. The first kappa shape index (κ1) is 9.93. The van der Waals surface area contributed by atoms with Crippen LogP contribution in [0.5, 0.6) is 0 Å². The summed E-state index contributed by atoms with van der Waals surface area (Å²) in [7, 11) is 1.58. The molecule has 1 saturated heterocycles. The highest BCUT2D eigenvalue weighted by atomic mass is 16.6. The fourth-order valence-electron chi connectivity index (χ4n) is 1.90. The molecule has 1 aliphatic heterocycles. The number of hydrogen-bond donors (Lipinski definition) is 0. The minimum absolute atomic E-state index is 0.134. The predicted molar refractivity (Wildman–Crippen MR) is 48.9 cm³/mol. The first-order valence-electron chi connectivity index (χ1n) is 5.11. The van der Waals surface area contributed by atoms with Crippen LogP contribution in [0.3, 0.4) is 0 Å². The molecule has 1 saturated carbocycles. The van der Waals surface area contributed by atoms with Crippen LogP contribution >= 0.6 is 0 Å². The Morgan fingerprint density at radius 1 is 1.50 bits per heavy atom. The molecule has 80 valence electrons. The molecular formula is C10H16O4. The smallest absolute Gasteiger partial charge is 0.338 e. The molecule has 4 nitrogen and oxygen atoms in total. The van der Waals surface area contributed by atoms with Gasteiger partial charge in [-0.15, -0.1) is 0 Å². The highest BCUT2D eigenvalue weighted by Gasteiger charge is 2.43. The first-order valence-corrected chi connectivity index (χ1v) is 5.11. The Bertz CT molecular complexity index is 216. The van der Waals surface area contributed by atoms with E-state index in [9.17, 15) is 4.79 Å². The molecule has 1 atom stereocenters.